The Kier molecular flexibility index (Phi) is 5.33. The maximum absolute atomic E-state index is 2.63. The van der Waals surface area contributed by atoms with E-state index < -0.39 is 0 Å². The third-order valence-electron chi connectivity index (χ3n) is 13.0. The summed E-state index contributed by atoms with van der Waals surface area (Å²) in [5.74, 6) is 0. The van der Waals surface area contributed by atoms with Gasteiger partial charge in [0.25, 0.3) is 0 Å². The van der Waals surface area contributed by atoms with Crippen molar-refractivity contribution in [2.24, 2.45) is 0 Å². The second kappa shape index (κ2) is 10.1. The Morgan fingerprint density at radius 3 is 1.12 bits per heavy atom. The highest BCUT2D eigenvalue weighted by molar-refractivity contribution is 7.29. The van der Waals surface area contributed by atoms with E-state index >= 15 is 0 Å². The van der Waals surface area contributed by atoms with Crippen molar-refractivity contribution in [3.05, 3.63) is 139 Å². The van der Waals surface area contributed by atoms with Gasteiger partial charge in [0.2, 0.25) is 6.71 Å². The molecule has 0 nitrogen and oxygen atoms in total. The Bertz CT molecular complexity index is 3760. The quantitative estimate of drug-likeness (QED) is 0.135. The molecule has 13 aromatic rings. The third kappa shape index (κ3) is 3.42. The molecular weight excluding hydrogens is 752 g/mol. The molecule has 56 heavy (non-hydrogen) atoms. The van der Waals surface area contributed by atoms with E-state index in [2.05, 4.69) is 140 Å². The fourth-order valence-electron chi connectivity index (χ4n) is 10.9. The van der Waals surface area contributed by atoms with Gasteiger partial charge in [0.1, 0.15) is 0 Å². The Morgan fingerprint density at radius 2 is 0.714 bits per heavy atom. The van der Waals surface area contributed by atoms with Gasteiger partial charge in [0, 0.05) is 103 Å². The van der Waals surface area contributed by atoms with Crippen LogP contribution in [0.3, 0.4) is 0 Å². The standard InChI is InChI=1S/C51H25BS4/c1-24-18-33-45-43-35(20-29-25-10-2-8-16-41(25)55-50(29)45)48-31(27-12-4-6-14-39(27)53-48)22-37(43)52-38-23-32-28-13-5-7-15-40(28)54-49(32)36-21-30-26-11-3-9-17-42(26)56-51(30)46(44(36)38)34(19-24)47(33)52/h2-23H,1H3. The topological polar surface area (TPSA) is 0 Å². The van der Waals surface area contributed by atoms with E-state index in [1.54, 1.807) is 0 Å². The first-order chi connectivity index (χ1) is 27.7. The van der Waals surface area contributed by atoms with Crippen molar-refractivity contribution >= 4 is 171 Å². The van der Waals surface area contributed by atoms with Gasteiger partial charge >= 0.3 is 0 Å². The maximum atomic E-state index is 2.63. The first-order valence-corrected chi connectivity index (χ1v) is 22.5. The van der Waals surface area contributed by atoms with Crippen LogP contribution in [0.5, 0.6) is 0 Å². The summed E-state index contributed by atoms with van der Waals surface area (Å²) >= 11 is 7.89. The molecule has 0 amide bonds. The molecular formula is C51H25BS4. The lowest BCUT2D eigenvalue weighted by Crippen LogP contribution is -2.57. The number of hydrogen-bond donors (Lipinski definition) is 0. The molecule has 0 fully saturated rings. The molecule has 2 aliphatic heterocycles. The van der Waals surface area contributed by atoms with Crippen molar-refractivity contribution in [3.63, 3.8) is 0 Å². The molecule has 256 valence electrons. The van der Waals surface area contributed by atoms with Crippen LogP contribution in [-0.2, 0) is 0 Å². The molecule has 2 aliphatic rings. The van der Waals surface area contributed by atoms with Crippen molar-refractivity contribution in [2.75, 3.05) is 0 Å². The summed E-state index contributed by atoms with van der Waals surface area (Å²) < 4.78 is 11.1. The van der Waals surface area contributed by atoms with Crippen LogP contribution in [0.1, 0.15) is 5.56 Å². The minimum atomic E-state index is 0.107. The van der Waals surface area contributed by atoms with E-state index in [1.165, 1.54) is 146 Å². The Morgan fingerprint density at radius 1 is 0.357 bits per heavy atom. The van der Waals surface area contributed by atoms with Gasteiger partial charge in [-0.05, 0) is 70.8 Å². The minimum absolute atomic E-state index is 0.107. The van der Waals surface area contributed by atoms with Crippen LogP contribution >= 0.6 is 45.3 Å². The van der Waals surface area contributed by atoms with E-state index in [0.29, 0.717) is 0 Å². The fourth-order valence-corrected chi connectivity index (χ4v) is 15.8. The lowest BCUT2D eigenvalue weighted by atomic mass is 9.31. The molecule has 0 unspecified atom stereocenters. The highest BCUT2D eigenvalue weighted by atomic mass is 32.1. The van der Waals surface area contributed by atoms with Crippen molar-refractivity contribution in [1.82, 2.24) is 0 Å². The highest BCUT2D eigenvalue weighted by Gasteiger charge is 2.41. The van der Waals surface area contributed by atoms with E-state index in [4.69, 9.17) is 0 Å². The monoisotopic (exact) mass is 776 g/mol. The van der Waals surface area contributed by atoms with Crippen LogP contribution in [0.25, 0.3) is 124 Å². The van der Waals surface area contributed by atoms with Gasteiger partial charge in [-0.3, -0.25) is 0 Å². The zero-order valence-electron chi connectivity index (χ0n) is 29.9. The number of aryl methyl sites for hydroxylation is 1. The number of hydrogen-bond acceptors (Lipinski definition) is 4. The molecule has 5 heteroatoms. The van der Waals surface area contributed by atoms with E-state index in [-0.39, 0.29) is 6.71 Å². The largest absolute Gasteiger partial charge is 0.244 e. The van der Waals surface area contributed by atoms with Crippen LogP contribution in [0.2, 0.25) is 0 Å². The van der Waals surface area contributed by atoms with Crippen LogP contribution < -0.4 is 16.4 Å². The van der Waals surface area contributed by atoms with Gasteiger partial charge in [0.05, 0.1) is 0 Å². The predicted molar refractivity (Wildman–Crippen MR) is 253 cm³/mol. The van der Waals surface area contributed by atoms with Crippen molar-refractivity contribution in [1.29, 1.82) is 0 Å². The lowest BCUT2D eigenvalue weighted by molar-refractivity contribution is 1.49. The van der Waals surface area contributed by atoms with E-state index in [0.717, 1.165) is 0 Å². The molecule has 0 N–H and O–H groups in total. The van der Waals surface area contributed by atoms with Gasteiger partial charge in [-0.25, -0.2) is 0 Å². The first-order valence-electron chi connectivity index (χ1n) is 19.3. The summed E-state index contributed by atoms with van der Waals surface area (Å²) in [7, 11) is 0. The van der Waals surface area contributed by atoms with Crippen molar-refractivity contribution < 1.29 is 0 Å². The van der Waals surface area contributed by atoms with E-state index in [9.17, 15) is 0 Å². The van der Waals surface area contributed by atoms with Crippen LogP contribution in [0.15, 0.2) is 133 Å². The molecule has 0 atom stereocenters. The Labute approximate surface area is 336 Å². The lowest BCUT2D eigenvalue weighted by Gasteiger charge is -2.35. The van der Waals surface area contributed by atoms with Crippen LogP contribution in [0, 0.1) is 6.92 Å². The summed E-state index contributed by atoms with van der Waals surface area (Å²) in [6, 6.07) is 51.7. The number of thiophene rings is 4. The maximum Gasteiger partial charge on any atom is 0.244 e. The predicted octanol–water partition coefficient (Wildman–Crippen LogP) is 14.3. The van der Waals surface area contributed by atoms with Crippen molar-refractivity contribution in [3.8, 4) is 22.3 Å². The normalized spacial score (nSPS) is 13.4. The molecule has 0 radical (unpaired) electrons. The molecule has 9 aromatic carbocycles. The van der Waals surface area contributed by atoms with Gasteiger partial charge in [-0.2, -0.15) is 0 Å². The van der Waals surface area contributed by atoms with Gasteiger partial charge < -0.3 is 0 Å². The Hall–Kier alpha value is -5.56. The molecule has 6 heterocycles. The summed E-state index contributed by atoms with van der Waals surface area (Å²) in [6.07, 6.45) is 0. The number of benzene rings is 9. The SMILES string of the molecule is Cc1cc2c3c(c1)-c1c4sc5ccccc5c4cc4c1c(cc1c5ccccc5sc41)B3c1cc3c4ccccc4sc3c3cc4c(sc5ccccc54)c-2c13. The van der Waals surface area contributed by atoms with Crippen molar-refractivity contribution in [2.45, 2.75) is 6.92 Å². The molecule has 15 rings (SSSR count). The molecule has 0 saturated carbocycles. The number of fused-ring (bicyclic) bond motifs is 20. The fraction of sp³-hybridized carbons (Fsp3) is 0.0196. The van der Waals surface area contributed by atoms with E-state index in [1.807, 2.05) is 45.3 Å². The van der Waals surface area contributed by atoms with Gasteiger partial charge in [-0.1, -0.05) is 113 Å². The highest BCUT2D eigenvalue weighted by Crippen LogP contribution is 2.53. The first kappa shape index (κ1) is 29.7. The van der Waals surface area contributed by atoms with Crippen LogP contribution in [-0.4, -0.2) is 6.71 Å². The third-order valence-corrected chi connectivity index (χ3v) is 17.9. The van der Waals surface area contributed by atoms with Gasteiger partial charge in [0.15, 0.2) is 0 Å². The Balaban J connectivity index is 1.24. The molecule has 0 saturated heterocycles. The summed E-state index contributed by atoms with van der Waals surface area (Å²) in [4.78, 5) is 0. The second-order valence-electron chi connectivity index (χ2n) is 15.9. The molecule has 0 bridgehead atoms. The zero-order valence-corrected chi connectivity index (χ0v) is 33.2. The molecule has 0 aliphatic carbocycles. The average molecular weight is 777 g/mol. The smallest absolute Gasteiger partial charge is 0.135 e. The zero-order chi connectivity index (χ0) is 36.1. The summed E-state index contributed by atoms with van der Waals surface area (Å²) in [5, 5.41) is 16.7. The minimum Gasteiger partial charge on any atom is -0.135 e. The summed E-state index contributed by atoms with van der Waals surface area (Å²) in [5.41, 5.74) is 11.5. The van der Waals surface area contributed by atoms with Gasteiger partial charge in [-0.15, -0.1) is 45.3 Å². The number of rotatable bonds is 0. The molecule has 4 aromatic heterocycles. The second-order valence-corrected chi connectivity index (χ2v) is 20.1. The average Bonchev–Trinajstić information content (AvgIpc) is 4.00. The summed E-state index contributed by atoms with van der Waals surface area (Å²) in [6.45, 7) is 2.43. The molecule has 0 spiro atoms. The van der Waals surface area contributed by atoms with Crippen LogP contribution in [0.4, 0.5) is 0 Å².